The first-order valence-electron chi connectivity index (χ1n) is 11.4. The molecule has 2 saturated heterocycles. The first-order chi connectivity index (χ1) is 16.1. The fraction of sp³-hybridized carbons (Fsp3) is 0.609. The number of likely N-dealkylation sites (N-methyl/N-ethyl adjacent to an activating group) is 1. The summed E-state index contributed by atoms with van der Waals surface area (Å²) in [5.41, 5.74) is 0.899. The summed E-state index contributed by atoms with van der Waals surface area (Å²) in [4.78, 5) is 13.7. The Morgan fingerprint density at radius 3 is 2.68 bits per heavy atom. The molecule has 10 atom stereocenters. The van der Waals surface area contributed by atoms with Crippen molar-refractivity contribution in [3.63, 3.8) is 0 Å². The summed E-state index contributed by atoms with van der Waals surface area (Å²) in [6.45, 7) is 0.779. The highest BCUT2D eigenvalue weighted by Crippen LogP contribution is 2.64. The topological polar surface area (TPSA) is 169 Å². The Morgan fingerprint density at radius 1 is 1.18 bits per heavy atom. The van der Waals surface area contributed by atoms with Crippen LogP contribution >= 0.6 is 0 Å². The van der Waals surface area contributed by atoms with Gasteiger partial charge in [0.15, 0.2) is 17.6 Å². The van der Waals surface area contributed by atoms with Crippen LogP contribution in [-0.2, 0) is 21.4 Å². The SMILES string of the molecule is CN1CC[C@]23c4c5c(OC6O[C@H](C(=O)O)[C@@H](O)[C@H](O)[C@H]6O)cc(O)c4O[C@@H]2[C@H](O)C=CC3[C@H]1C5. The summed E-state index contributed by atoms with van der Waals surface area (Å²) in [5, 5.41) is 61.5. The molecule has 0 saturated carbocycles. The molecule has 11 nitrogen and oxygen atoms in total. The number of aromatic hydroxyl groups is 1. The Balaban J connectivity index is 1.45. The zero-order chi connectivity index (χ0) is 24.1. The number of piperidine rings is 1. The molecule has 5 aliphatic rings. The predicted octanol–water partition coefficient (Wildman–Crippen LogP) is -1.53. The Morgan fingerprint density at radius 2 is 1.94 bits per heavy atom. The Bertz CT molecular complexity index is 1080. The molecule has 2 fully saturated rings. The lowest BCUT2D eigenvalue weighted by Crippen LogP contribution is -2.65. The average molecular weight is 477 g/mol. The van der Waals surface area contributed by atoms with Crippen LogP contribution in [0.5, 0.6) is 17.2 Å². The molecule has 6 rings (SSSR count). The predicted molar refractivity (Wildman–Crippen MR) is 113 cm³/mol. The van der Waals surface area contributed by atoms with E-state index in [9.17, 15) is 35.4 Å². The van der Waals surface area contributed by atoms with E-state index in [0.29, 0.717) is 24.2 Å². The van der Waals surface area contributed by atoms with Crippen molar-refractivity contribution in [2.75, 3.05) is 13.6 Å². The molecule has 0 aromatic heterocycles. The minimum absolute atomic E-state index is 0.0490. The van der Waals surface area contributed by atoms with E-state index in [-0.39, 0.29) is 23.5 Å². The number of likely N-dealkylation sites (tertiary alicyclic amines) is 1. The van der Waals surface area contributed by atoms with Crippen molar-refractivity contribution in [3.8, 4) is 17.2 Å². The molecular formula is C23H27NO10. The minimum atomic E-state index is -1.84. The summed E-state index contributed by atoms with van der Waals surface area (Å²) in [6.07, 6.45) is -5.21. The molecule has 1 aromatic carbocycles. The van der Waals surface area contributed by atoms with Crippen LogP contribution in [0.15, 0.2) is 18.2 Å². The zero-order valence-corrected chi connectivity index (χ0v) is 18.3. The van der Waals surface area contributed by atoms with Gasteiger partial charge in [-0.3, -0.25) is 0 Å². The monoisotopic (exact) mass is 477 g/mol. The Kier molecular flexibility index (Phi) is 4.74. The summed E-state index contributed by atoms with van der Waals surface area (Å²) in [5.74, 6) is -1.21. The lowest BCUT2D eigenvalue weighted by molar-refractivity contribution is -0.271. The summed E-state index contributed by atoms with van der Waals surface area (Å²) in [7, 11) is 2.03. The molecule has 1 aromatic rings. The number of aliphatic carboxylic acids is 1. The molecular weight excluding hydrogens is 450 g/mol. The van der Waals surface area contributed by atoms with E-state index in [4.69, 9.17) is 14.2 Å². The Hall–Kier alpha value is -2.41. The van der Waals surface area contributed by atoms with Crippen LogP contribution in [0, 0.1) is 5.92 Å². The minimum Gasteiger partial charge on any atom is -0.504 e. The van der Waals surface area contributed by atoms with E-state index in [1.165, 1.54) is 6.07 Å². The van der Waals surface area contributed by atoms with Gasteiger partial charge in [0.1, 0.15) is 36.3 Å². The summed E-state index contributed by atoms with van der Waals surface area (Å²) < 4.78 is 17.3. The zero-order valence-electron chi connectivity index (χ0n) is 18.3. The third-order valence-corrected chi connectivity index (χ3v) is 8.29. The van der Waals surface area contributed by atoms with Gasteiger partial charge in [-0.25, -0.2) is 4.79 Å². The number of phenolic OH excluding ortho intramolecular Hbond substituents is 1. The number of aliphatic hydroxyl groups is 4. The maximum atomic E-state index is 11.5. The largest absolute Gasteiger partial charge is 0.504 e. The second-order valence-electron chi connectivity index (χ2n) is 9.91. The molecule has 0 radical (unpaired) electrons. The van der Waals surface area contributed by atoms with Gasteiger partial charge in [-0.1, -0.05) is 12.2 Å². The third kappa shape index (κ3) is 2.70. The maximum Gasteiger partial charge on any atom is 0.335 e. The first-order valence-corrected chi connectivity index (χ1v) is 11.4. The van der Waals surface area contributed by atoms with Gasteiger partial charge in [0.25, 0.3) is 0 Å². The van der Waals surface area contributed by atoms with Crippen molar-refractivity contribution >= 4 is 5.97 Å². The first kappa shape index (κ1) is 22.1. The second kappa shape index (κ2) is 7.30. The fourth-order valence-electron chi connectivity index (χ4n) is 6.67. The van der Waals surface area contributed by atoms with Crippen LogP contribution in [-0.4, -0.2) is 104 Å². The molecule has 3 heterocycles. The lowest BCUT2D eigenvalue weighted by Gasteiger charge is -2.56. The number of benzene rings is 1. The van der Waals surface area contributed by atoms with Gasteiger partial charge < -0.3 is 49.7 Å². The van der Waals surface area contributed by atoms with E-state index in [1.54, 1.807) is 6.08 Å². The second-order valence-corrected chi connectivity index (χ2v) is 9.91. The third-order valence-electron chi connectivity index (χ3n) is 8.29. The van der Waals surface area contributed by atoms with Crippen LogP contribution in [0.25, 0.3) is 0 Å². The van der Waals surface area contributed by atoms with E-state index in [0.717, 1.165) is 12.1 Å². The molecule has 2 bridgehead atoms. The number of carboxylic acids is 1. The lowest BCUT2D eigenvalue weighted by atomic mass is 9.53. The molecule has 34 heavy (non-hydrogen) atoms. The molecule has 6 N–H and O–H groups in total. The van der Waals surface area contributed by atoms with E-state index in [1.807, 2.05) is 13.1 Å². The fourth-order valence-corrected chi connectivity index (χ4v) is 6.67. The number of nitrogens with zero attached hydrogens (tertiary/aromatic N) is 1. The van der Waals surface area contributed by atoms with Crippen LogP contribution in [0.3, 0.4) is 0 Å². The van der Waals surface area contributed by atoms with Gasteiger partial charge in [0.05, 0.1) is 0 Å². The van der Waals surface area contributed by atoms with Gasteiger partial charge in [0.2, 0.25) is 6.29 Å². The quantitative estimate of drug-likeness (QED) is 0.279. The molecule has 2 unspecified atom stereocenters. The van der Waals surface area contributed by atoms with Gasteiger partial charge in [0, 0.05) is 34.6 Å². The number of carbonyl (C=O) groups is 1. The van der Waals surface area contributed by atoms with Crippen molar-refractivity contribution in [2.45, 2.75) is 67.2 Å². The highest BCUT2D eigenvalue weighted by molar-refractivity contribution is 5.73. The average Bonchev–Trinajstić information content (AvgIpc) is 3.15. The van der Waals surface area contributed by atoms with Crippen molar-refractivity contribution in [1.82, 2.24) is 4.90 Å². The van der Waals surface area contributed by atoms with E-state index >= 15 is 0 Å². The highest BCUT2D eigenvalue weighted by atomic mass is 16.7. The molecule has 184 valence electrons. The normalized spacial score (nSPS) is 44.3. The molecule has 3 aliphatic heterocycles. The van der Waals surface area contributed by atoms with Gasteiger partial charge in [-0.05, 0) is 26.4 Å². The van der Waals surface area contributed by atoms with Crippen molar-refractivity contribution in [1.29, 1.82) is 0 Å². The highest BCUT2D eigenvalue weighted by Gasteiger charge is 2.65. The number of aliphatic hydroxyl groups excluding tert-OH is 4. The number of hydrogen-bond acceptors (Lipinski definition) is 10. The number of carboxylic acid groups (broad SMARTS) is 1. The van der Waals surface area contributed by atoms with Gasteiger partial charge >= 0.3 is 5.97 Å². The van der Waals surface area contributed by atoms with Crippen LogP contribution < -0.4 is 9.47 Å². The van der Waals surface area contributed by atoms with Crippen molar-refractivity contribution in [2.24, 2.45) is 5.92 Å². The van der Waals surface area contributed by atoms with Crippen molar-refractivity contribution in [3.05, 3.63) is 29.3 Å². The molecule has 0 amide bonds. The molecule has 11 heteroatoms. The van der Waals surface area contributed by atoms with Crippen LogP contribution in [0.1, 0.15) is 17.5 Å². The summed E-state index contributed by atoms with van der Waals surface area (Å²) >= 11 is 0. The maximum absolute atomic E-state index is 11.5. The number of hydrogen-bond donors (Lipinski definition) is 6. The Labute approximate surface area is 194 Å². The number of rotatable bonds is 3. The van der Waals surface area contributed by atoms with Gasteiger partial charge in [-0.2, -0.15) is 0 Å². The van der Waals surface area contributed by atoms with Crippen LogP contribution in [0.4, 0.5) is 0 Å². The molecule has 1 spiro atoms. The smallest absolute Gasteiger partial charge is 0.335 e. The number of ether oxygens (including phenoxy) is 3. The van der Waals surface area contributed by atoms with Gasteiger partial charge in [-0.15, -0.1) is 0 Å². The summed E-state index contributed by atoms with van der Waals surface area (Å²) in [6, 6.07) is 1.38. The van der Waals surface area contributed by atoms with E-state index < -0.39 is 54.3 Å². The standard InChI is InChI=1S/C23H27NO10/c1-24-5-4-23-9-2-3-11(25)20(23)33-18-12(26)7-13(8(14(18)23)6-10(9)24)32-22-17(29)15(27)16(28)19(34-22)21(30)31/h2-3,7,9-11,15-17,19-20,22,25-29H,4-6H2,1H3,(H,30,31)/t9?,10-,11-,15+,16+,17-,19+,20-,22?,23+/m1/s1. The van der Waals surface area contributed by atoms with Crippen molar-refractivity contribution < 1.29 is 49.6 Å². The molecule has 2 aliphatic carbocycles. The van der Waals surface area contributed by atoms with Crippen LogP contribution in [0.2, 0.25) is 0 Å². The van der Waals surface area contributed by atoms with E-state index in [2.05, 4.69) is 4.90 Å². The number of phenols is 1.